The summed E-state index contributed by atoms with van der Waals surface area (Å²) >= 11 is 0. The fraction of sp³-hybridized carbons (Fsp3) is 0.577. The molecule has 1 N–H and O–H groups in total. The fourth-order valence-corrected chi connectivity index (χ4v) is 4.65. The first-order valence-electron chi connectivity index (χ1n) is 11.0. The van der Waals surface area contributed by atoms with E-state index >= 15 is 0 Å². The zero-order valence-corrected chi connectivity index (χ0v) is 18.4. The van der Waals surface area contributed by atoms with Gasteiger partial charge < -0.3 is 5.11 Å². The van der Waals surface area contributed by atoms with Crippen molar-refractivity contribution in [2.24, 2.45) is 11.8 Å². The first-order valence-corrected chi connectivity index (χ1v) is 11.0. The predicted octanol–water partition coefficient (Wildman–Crippen LogP) is 7.51. The Morgan fingerprint density at radius 3 is 2.46 bits per heavy atom. The van der Waals surface area contributed by atoms with E-state index in [1.54, 1.807) is 0 Å². The molecule has 0 amide bonds. The number of fused-ring (bicyclic) bond motifs is 1. The molecule has 0 saturated heterocycles. The number of carboxylic acids is 1. The van der Waals surface area contributed by atoms with Gasteiger partial charge in [0.05, 0.1) is 0 Å². The van der Waals surface area contributed by atoms with Crippen LogP contribution in [0.1, 0.15) is 83.8 Å². The van der Waals surface area contributed by atoms with Crippen molar-refractivity contribution in [1.82, 2.24) is 0 Å². The van der Waals surface area contributed by atoms with E-state index in [0.717, 1.165) is 25.2 Å². The molecule has 0 spiro atoms. The van der Waals surface area contributed by atoms with Crippen LogP contribution in [0.15, 0.2) is 36.4 Å². The second-order valence-electron chi connectivity index (χ2n) is 9.10. The van der Waals surface area contributed by atoms with Gasteiger partial charge in [0.25, 0.3) is 0 Å². The lowest BCUT2D eigenvalue weighted by Gasteiger charge is -2.37. The average molecular weight is 383 g/mol. The van der Waals surface area contributed by atoms with Crippen molar-refractivity contribution in [1.29, 1.82) is 0 Å². The lowest BCUT2D eigenvalue weighted by Crippen LogP contribution is -2.29. The van der Waals surface area contributed by atoms with E-state index in [2.05, 4.69) is 71.0 Å². The van der Waals surface area contributed by atoms with Crippen molar-refractivity contribution in [3.05, 3.63) is 47.5 Å². The molecule has 2 atom stereocenters. The van der Waals surface area contributed by atoms with Gasteiger partial charge in [-0.05, 0) is 58.9 Å². The van der Waals surface area contributed by atoms with Crippen molar-refractivity contribution in [3.8, 4) is 0 Å². The number of hydrogen-bond acceptors (Lipinski definition) is 1. The van der Waals surface area contributed by atoms with Crippen LogP contribution in [0.5, 0.6) is 0 Å². The predicted molar refractivity (Wildman–Crippen MR) is 120 cm³/mol. The molecular formula is C26H38O2. The third-order valence-electron chi connectivity index (χ3n) is 6.78. The number of rotatable bonds is 11. The Balaban J connectivity index is 2.08. The van der Waals surface area contributed by atoms with Gasteiger partial charge in [-0.2, -0.15) is 0 Å². The summed E-state index contributed by atoms with van der Waals surface area (Å²) in [7, 11) is 0. The number of carbonyl (C=O) groups is 1. The first-order chi connectivity index (χ1) is 13.3. The minimum Gasteiger partial charge on any atom is -0.481 e. The summed E-state index contributed by atoms with van der Waals surface area (Å²) in [6.07, 6.45) is 6.93. The highest BCUT2D eigenvalue weighted by molar-refractivity contribution is 5.87. The van der Waals surface area contributed by atoms with Crippen molar-refractivity contribution in [2.75, 3.05) is 0 Å². The smallest absolute Gasteiger partial charge is 0.303 e. The summed E-state index contributed by atoms with van der Waals surface area (Å²) in [4.78, 5) is 10.7. The molecule has 2 rings (SSSR count). The number of aryl methyl sites for hydroxylation is 1. The van der Waals surface area contributed by atoms with E-state index in [1.807, 2.05) is 0 Å². The molecule has 1 unspecified atom stereocenters. The highest BCUT2D eigenvalue weighted by atomic mass is 16.4. The minimum absolute atomic E-state index is 0.113. The van der Waals surface area contributed by atoms with Crippen LogP contribution in [0.25, 0.3) is 10.8 Å². The van der Waals surface area contributed by atoms with Gasteiger partial charge in [0.15, 0.2) is 0 Å². The summed E-state index contributed by atoms with van der Waals surface area (Å²) < 4.78 is 0. The average Bonchev–Trinajstić information content (AvgIpc) is 2.65. The maximum atomic E-state index is 10.7. The number of aliphatic carboxylic acids is 1. The van der Waals surface area contributed by atoms with Crippen molar-refractivity contribution in [2.45, 2.75) is 85.0 Å². The third kappa shape index (κ3) is 5.59. The Morgan fingerprint density at radius 2 is 1.79 bits per heavy atom. The largest absolute Gasteiger partial charge is 0.481 e. The SMILES string of the molecule is CC[C@H](CCCCCC(=O)O)CC(C)C(C)(C)c1c(C)ccc2ccccc12. The summed E-state index contributed by atoms with van der Waals surface area (Å²) in [6, 6.07) is 13.3. The quantitative estimate of drug-likeness (QED) is 0.408. The van der Waals surface area contributed by atoms with Crippen LogP contribution in [0.2, 0.25) is 0 Å². The Morgan fingerprint density at radius 1 is 1.07 bits per heavy atom. The monoisotopic (exact) mass is 382 g/mol. The van der Waals surface area contributed by atoms with Crippen LogP contribution in [-0.4, -0.2) is 11.1 Å². The third-order valence-corrected chi connectivity index (χ3v) is 6.78. The van der Waals surface area contributed by atoms with Gasteiger partial charge >= 0.3 is 5.97 Å². The molecular weight excluding hydrogens is 344 g/mol. The molecule has 28 heavy (non-hydrogen) atoms. The minimum atomic E-state index is -0.673. The maximum Gasteiger partial charge on any atom is 0.303 e. The normalized spacial score (nSPS) is 14.2. The van der Waals surface area contributed by atoms with E-state index in [1.165, 1.54) is 41.2 Å². The van der Waals surface area contributed by atoms with Crippen molar-refractivity contribution < 1.29 is 9.90 Å². The van der Waals surface area contributed by atoms with Crippen LogP contribution in [-0.2, 0) is 10.2 Å². The summed E-state index contributed by atoms with van der Waals surface area (Å²) in [5.74, 6) is 0.628. The number of benzene rings is 2. The van der Waals surface area contributed by atoms with E-state index < -0.39 is 5.97 Å². The van der Waals surface area contributed by atoms with Crippen LogP contribution < -0.4 is 0 Å². The van der Waals surface area contributed by atoms with Gasteiger partial charge in [-0.1, -0.05) is 89.8 Å². The zero-order valence-electron chi connectivity index (χ0n) is 18.4. The number of unbranched alkanes of at least 4 members (excludes halogenated alkanes) is 2. The van der Waals surface area contributed by atoms with Crippen LogP contribution in [0.4, 0.5) is 0 Å². The summed E-state index contributed by atoms with van der Waals surface area (Å²) in [5, 5.41) is 11.5. The Hall–Kier alpha value is -1.83. The Kier molecular flexibility index (Phi) is 8.10. The maximum absolute atomic E-state index is 10.7. The highest BCUT2D eigenvalue weighted by Gasteiger charge is 2.32. The van der Waals surface area contributed by atoms with E-state index in [4.69, 9.17) is 5.11 Å². The molecule has 0 aromatic heterocycles. The van der Waals surface area contributed by atoms with Gasteiger partial charge in [-0.3, -0.25) is 4.79 Å². The molecule has 0 aliphatic carbocycles. The van der Waals surface area contributed by atoms with Crippen LogP contribution in [0.3, 0.4) is 0 Å². The van der Waals surface area contributed by atoms with E-state index in [0.29, 0.717) is 12.3 Å². The summed E-state index contributed by atoms with van der Waals surface area (Å²) in [6.45, 7) is 11.8. The van der Waals surface area contributed by atoms with Crippen molar-refractivity contribution in [3.63, 3.8) is 0 Å². The lowest BCUT2D eigenvalue weighted by atomic mass is 9.68. The fourth-order valence-electron chi connectivity index (χ4n) is 4.65. The molecule has 2 nitrogen and oxygen atoms in total. The van der Waals surface area contributed by atoms with Gasteiger partial charge in [-0.25, -0.2) is 0 Å². The topological polar surface area (TPSA) is 37.3 Å². The van der Waals surface area contributed by atoms with Gasteiger partial charge in [0.2, 0.25) is 0 Å². The molecule has 0 heterocycles. The number of carboxylic acid groups (broad SMARTS) is 1. The number of hydrogen-bond donors (Lipinski definition) is 1. The molecule has 0 aliphatic heterocycles. The molecule has 0 radical (unpaired) electrons. The van der Waals surface area contributed by atoms with Gasteiger partial charge in [-0.15, -0.1) is 0 Å². The van der Waals surface area contributed by atoms with E-state index in [9.17, 15) is 4.79 Å². The molecule has 2 aromatic rings. The van der Waals surface area contributed by atoms with Crippen molar-refractivity contribution >= 4 is 16.7 Å². The molecule has 2 heteroatoms. The summed E-state index contributed by atoms with van der Waals surface area (Å²) in [5.41, 5.74) is 2.99. The molecule has 0 bridgehead atoms. The molecule has 0 fully saturated rings. The molecule has 0 aliphatic rings. The molecule has 0 saturated carbocycles. The Bertz CT molecular complexity index is 775. The van der Waals surface area contributed by atoms with Gasteiger partial charge in [0, 0.05) is 6.42 Å². The van der Waals surface area contributed by atoms with E-state index in [-0.39, 0.29) is 5.41 Å². The van der Waals surface area contributed by atoms with Crippen LogP contribution in [0, 0.1) is 18.8 Å². The highest BCUT2D eigenvalue weighted by Crippen LogP contribution is 2.41. The lowest BCUT2D eigenvalue weighted by molar-refractivity contribution is -0.137. The second kappa shape index (κ2) is 10.1. The molecule has 2 aromatic carbocycles. The van der Waals surface area contributed by atoms with Gasteiger partial charge in [0.1, 0.15) is 0 Å². The first kappa shape index (κ1) is 22.5. The second-order valence-corrected chi connectivity index (χ2v) is 9.10. The zero-order chi connectivity index (χ0) is 20.7. The molecule has 154 valence electrons. The standard InChI is InChI=1S/C26H38O2/c1-6-21(12-8-7-9-15-24(27)28)18-20(3)26(4,5)25-19(2)16-17-22-13-10-11-14-23(22)25/h10-11,13-14,16-17,20-21H,6-9,12,15,18H2,1-5H3,(H,27,28)/t20?,21-/m1/s1. The Labute approximate surface area is 171 Å². The van der Waals surface area contributed by atoms with Crippen LogP contribution >= 0.6 is 0 Å².